The Morgan fingerprint density at radius 2 is 2.06 bits per heavy atom. The van der Waals surface area contributed by atoms with Crippen molar-refractivity contribution in [1.82, 2.24) is 10.2 Å². The molecule has 2 rings (SSSR count). The third-order valence-corrected chi connectivity index (χ3v) is 3.49. The summed E-state index contributed by atoms with van der Waals surface area (Å²) in [6.07, 6.45) is 4.51. The molecule has 17 heavy (non-hydrogen) atoms. The van der Waals surface area contributed by atoms with Gasteiger partial charge in [0, 0.05) is 6.42 Å². The Labute approximate surface area is 102 Å². The van der Waals surface area contributed by atoms with Crippen LogP contribution in [-0.4, -0.2) is 23.3 Å². The van der Waals surface area contributed by atoms with Crippen LogP contribution in [0.5, 0.6) is 0 Å². The highest BCUT2D eigenvalue weighted by molar-refractivity contribution is 4.80. The summed E-state index contributed by atoms with van der Waals surface area (Å²) in [5, 5.41) is 7.82. The molecule has 1 aromatic rings. The standard InChI is InChI=1S/C12H21N3O2/c1-2-11-14-15-12(17-11)8-16-7-10-5-3-4-9(10)6-13/h9-10H,2-8,13H2,1H3. The first-order valence-corrected chi connectivity index (χ1v) is 6.42. The van der Waals surface area contributed by atoms with Crippen LogP contribution in [0.1, 0.15) is 38.0 Å². The highest BCUT2D eigenvalue weighted by Crippen LogP contribution is 2.31. The Kier molecular flexibility index (Phi) is 4.50. The zero-order chi connectivity index (χ0) is 12.1. The first kappa shape index (κ1) is 12.5. The van der Waals surface area contributed by atoms with Gasteiger partial charge in [0.05, 0.1) is 6.61 Å². The van der Waals surface area contributed by atoms with E-state index in [9.17, 15) is 0 Å². The lowest BCUT2D eigenvalue weighted by atomic mass is 9.97. The fourth-order valence-corrected chi connectivity index (χ4v) is 2.43. The van der Waals surface area contributed by atoms with Crippen molar-refractivity contribution >= 4 is 0 Å². The van der Waals surface area contributed by atoms with E-state index in [2.05, 4.69) is 10.2 Å². The third kappa shape index (κ3) is 3.26. The van der Waals surface area contributed by atoms with Crippen molar-refractivity contribution in [2.45, 2.75) is 39.2 Å². The highest BCUT2D eigenvalue weighted by Gasteiger charge is 2.26. The Hall–Kier alpha value is -0.940. The Bertz CT molecular complexity index is 340. The molecule has 5 nitrogen and oxygen atoms in total. The van der Waals surface area contributed by atoms with Gasteiger partial charge in [-0.3, -0.25) is 0 Å². The quantitative estimate of drug-likeness (QED) is 0.814. The molecule has 0 radical (unpaired) electrons. The molecule has 0 aliphatic heterocycles. The van der Waals surface area contributed by atoms with Gasteiger partial charge in [-0.15, -0.1) is 10.2 Å². The molecule has 96 valence electrons. The molecule has 1 heterocycles. The molecular weight excluding hydrogens is 218 g/mol. The van der Waals surface area contributed by atoms with Gasteiger partial charge in [-0.05, 0) is 31.2 Å². The molecule has 1 aliphatic rings. The fourth-order valence-electron chi connectivity index (χ4n) is 2.43. The van der Waals surface area contributed by atoms with E-state index in [0.29, 0.717) is 30.2 Å². The molecule has 0 spiro atoms. The minimum Gasteiger partial charge on any atom is -0.423 e. The maximum atomic E-state index is 5.73. The maximum Gasteiger partial charge on any atom is 0.242 e. The van der Waals surface area contributed by atoms with Crippen molar-refractivity contribution in [3.8, 4) is 0 Å². The molecule has 0 aromatic carbocycles. The molecule has 2 N–H and O–H groups in total. The molecule has 0 saturated heterocycles. The minimum absolute atomic E-state index is 0.417. The molecule has 5 heteroatoms. The topological polar surface area (TPSA) is 74.2 Å². The lowest BCUT2D eigenvalue weighted by Crippen LogP contribution is -2.22. The maximum absolute atomic E-state index is 5.73. The molecule has 1 saturated carbocycles. The number of aromatic nitrogens is 2. The van der Waals surface area contributed by atoms with E-state index in [1.807, 2.05) is 6.92 Å². The second-order valence-electron chi connectivity index (χ2n) is 4.64. The molecule has 2 unspecified atom stereocenters. The van der Waals surface area contributed by atoms with Crippen molar-refractivity contribution in [1.29, 1.82) is 0 Å². The zero-order valence-electron chi connectivity index (χ0n) is 10.4. The number of nitrogens with zero attached hydrogens (tertiary/aromatic N) is 2. The summed E-state index contributed by atoms with van der Waals surface area (Å²) < 4.78 is 11.0. The van der Waals surface area contributed by atoms with Gasteiger partial charge in [0.25, 0.3) is 0 Å². The highest BCUT2D eigenvalue weighted by atomic mass is 16.5. The van der Waals surface area contributed by atoms with Crippen molar-refractivity contribution in [3.05, 3.63) is 11.8 Å². The van der Waals surface area contributed by atoms with Crippen molar-refractivity contribution in [3.63, 3.8) is 0 Å². The predicted molar refractivity (Wildman–Crippen MR) is 63.2 cm³/mol. The largest absolute Gasteiger partial charge is 0.423 e. The van der Waals surface area contributed by atoms with Crippen molar-refractivity contribution in [2.24, 2.45) is 17.6 Å². The first-order chi connectivity index (χ1) is 8.33. The van der Waals surface area contributed by atoms with Gasteiger partial charge in [-0.2, -0.15) is 0 Å². The lowest BCUT2D eigenvalue weighted by Gasteiger charge is -2.16. The van der Waals surface area contributed by atoms with Gasteiger partial charge < -0.3 is 14.9 Å². The molecule has 0 amide bonds. The zero-order valence-corrected chi connectivity index (χ0v) is 10.4. The SMILES string of the molecule is CCc1nnc(COCC2CCCC2CN)o1. The van der Waals surface area contributed by atoms with Crippen LogP contribution in [0.15, 0.2) is 4.42 Å². The third-order valence-electron chi connectivity index (χ3n) is 3.49. The average Bonchev–Trinajstić information content (AvgIpc) is 2.97. The van der Waals surface area contributed by atoms with Gasteiger partial charge >= 0.3 is 0 Å². The second-order valence-corrected chi connectivity index (χ2v) is 4.64. The normalized spacial score (nSPS) is 24.4. The number of hydrogen-bond acceptors (Lipinski definition) is 5. The number of aryl methyl sites for hydroxylation is 1. The van der Waals surface area contributed by atoms with Gasteiger partial charge in [-0.25, -0.2) is 0 Å². The molecular formula is C12H21N3O2. The van der Waals surface area contributed by atoms with Crippen molar-refractivity contribution in [2.75, 3.05) is 13.2 Å². The summed E-state index contributed by atoms with van der Waals surface area (Å²) in [5.74, 6) is 2.48. The van der Waals surface area contributed by atoms with Crippen LogP contribution in [0, 0.1) is 11.8 Å². The molecule has 0 bridgehead atoms. The summed E-state index contributed by atoms with van der Waals surface area (Å²) in [4.78, 5) is 0. The van der Waals surface area contributed by atoms with E-state index in [1.165, 1.54) is 19.3 Å². The Morgan fingerprint density at radius 3 is 2.76 bits per heavy atom. The molecule has 1 aromatic heterocycles. The summed E-state index contributed by atoms with van der Waals surface area (Å²) in [6.45, 7) is 3.93. The number of hydrogen-bond donors (Lipinski definition) is 1. The number of ether oxygens (including phenoxy) is 1. The molecule has 1 fully saturated rings. The fraction of sp³-hybridized carbons (Fsp3) is 0.833. The van der Waals surface area contributed by atoms with E-state index >= 15 is 0 Å². The predicted octanol–water partition coefficient (Wildman–Crippen LogP) is 1.52. The summed E-state index contributed by atoms with van der Waals surface area (Å²) in [5.41, 5.74) is 5.73. The van der Waals surface area contributed by atoms with Crippen LogP contribution in [0.2, 0.25) is 0 Å². The second kappa shape index (κ2) is 6.12. The van der Waals surface area contributed by atoms with Gasteiger partial charge in [0.15, 0.2) is 0 Å². The summed E-state index contributed by atoms with van der Waals surface area (Å²) >= 11 is 0. The monoisotopic (exact) mass is 239 g/mol. The first-order valence-electron chi connectivity index (χ1n) is 6.42. The van der Waals surface area contributed by atoms with Gasteiger partial charge in [0.1, 0.15) is 6.61 Å². The van der Waals surface area contributed by atoms with Gasteiger partial charge in [0.2, 0.25) is 11.8 Å². The van der Waals surface area contributed by atoms with E-state index in [0.717, 1.165) is 19.6 Å². The smallest absolute Gasteiger partial charge is 0.242 e. The molecule has 1 aliphatic carbocycles. The van der Waals surface area contributed by atoms with Crippen molar-refractivity contribution < 1.29 is 9.15 Å². The number of rotatable bonds is 6. The van der Waals surface area contributed by atoms with Crippen LogP contribution >= 0.6 is 0 Å². The van der Waals surface area contributed by atoms with E-state index in [4.69, 9.17) is 14.9 Å². The van der Waals surface area contributed by atoms with E-state index < -0.39 is 0 Å². The van der Waals surface area contributed by atoms with E-state index in [-0.39, 0.29) is 0 Å². The van der Waals surface area contributed by atoms with E-state index in [1.54, 1.807) is 0 Å². The van der Waals surface area contributed by atoms with Crippen LogP contribution < -0.4 is 5.73 Å². The van der Waals surface area contributed by atoms with Crippen LogP contribution in [-0.2, 0) is 17.8 Å². The van der Waals surface area contributed by atoms with Gasteiger partial charge in [-0.1, -0.05) is 13.3 Å². The van der Waals surface area contributed by atoms with Crippen LogP contribution in [0.25, 0.3) is 0 Å². The summed E-state index contributed by atoms with van der Waals surface area (Å²) in [7, 11) is 0. The van der Waals surface area contributed by atoms with Crippen LogP contribution in [0.4, 0.5) is 0 Å². The average molecular weight is 239 g/mol. The summed E-state index contributed by atoms with van der Waals surface area (Å²) in [6, 6.07) is 0. The number of nitrogens with two attached hydrogens (primary N) is 1. The minimum atomic E-state index is 0.417. The van der Waals surface area contributed by atoms with Crippen LogP contribution in [0.3, 0.4) is 0 Å². The Morgan fingerprint density at radius 1 is 1.29 bits per heavy atom. The Balaban J connectivity index is 1.72. The lowest BCUT2D eigenvalue weighted by molar-refractivity contribution is 0.0617. The molecule has 2 atom stereocenters.